The monoisotopic (exact) mass is 450 g/mol. The first-order valence-corrected chi connectivity index (χ1v) is 10.8. The van der Waals surface area contributed by atoms with E-state index in [1.165, 1.54) is 24.3 Å². The van der Waals surface area contributed by atoms with E-state index in [2.05, 4.69) is 10.6 Å². The molecule has 1 aliphatic heterocycles. The number of hydrogen-bond donors (Lipinski definition) is 3. The minimum atomic E-state index is -3.94. The Balaban J connectivity index is 1.57. The molecule has 0 saturated carbocycles. The van der Waals surface area contributed by atoms with Gasteiger partial charge in [0, 0.05) is 36.3 Å². The quantitative estimate of drug-likeness (QED) is 0.643. The zero-order chi connectivity index (χ0) is 21.9. The molecule has 3 rings (SSSR count). The molecular weight excluding hydrogens is 432 g/mol. The van der Waals surface area contributed by atoms with Gasteiger partial charge in [-0.25, -0.2) is 17.9 Å². The first-order valence-electron chi connectivity index (χ1n) is 8.91. The second-order valence-electron chi connectivity index (χ2n) is 6.67. The molecule has 0 bridgehead atoms. The molecule has 0 unspecified atom stereocenters. The molecule has 9 nitrogen and oxygen atoms in total. The highest BCUT2D eigenvalue weighted by atomic mass is 35.5. The maximum Gasteiger partial charge on any atom is 0.319 e. The predicted octanol–water partition coefficient (Wildman–Crippen LogP) is 2.09. The van der Waals surface area contributed by atoms with E-state index in [9.17, 15) is 22.8 Å². The number of amides is 4. The van der Waals surface area contributed by atoms with Gasteiger partial charge in [0.15, 0.2) is 0 Å². The Hall–Kier alpha value is -3.11. The van der Waals surface area contributed by atoms with Gasteiger partial charge in [-0.3, -0.25) is 9.59 Å². The second-order valence-corrected chi connectivity index (χ2v) is 8.79. The van der Waals surface area contributed by atoms with Crippen LogP contribution in [0.4, 0.5) is 16.2 Å². The molecule has 1 heterocycles. The molecule has 2 aromatic carbocycles. The van der Waals surface area contributed by atoms with Crippen LogP contribution in [0.15, 0.2) is 53.4 Å². The number of nitrogens with one attached hydrogen (secondary N) is 3. The van der Waals surface area contributed by atoms with Crippen LogP contribution in [0.2, 0.25) is 5.02 Å². The maximum atomic E-state index is 12.3. The average Bonchev–Trinajstić information content (AvgIpc) is 3.01. The van der Waals surface area contributed by atoms with E-state index in [4.69, 9.17) is 11.6 Å². The van der Waals surface area contributed by atoms with Gasteiger partial charge >= 0.3 is 6.03 Å². The summed E-state index contributed by atoms with van der Waals surface area (Å²) < 4.78 is 25.7. The summed E-state index contributed by atoms with van der Waals surface area (Å²) in [6, 6.07) is 11.3. The first-order chi connectivity index (χ1) is 14.1. The number of carbonyl (C=O) groups excluding carboxylic acids is 3. The summed E-state index contributed by atoms with van der Waals surface area (Å²) in [5.74, 6) is -0.814. The Morgan fingerprint density at radius 1 is 1.07 bits per heavy atom. The van der Waals surface area contributed by atoms with Gasteiger partial charge in [0.25, 0.3) is 10.0 Å². The fourth-order valence-corrected chi connectivity index (χ4v) is 4.11. The van der Waals surface area contributed by atoms with Crippen molar-refractivity contribution in [1.82, 2.24) is 10.0 Å². The van der Waals surface area contributed by atoms with Crippen LogP contribution in [0.5, 0.6) is 0 Å². The van der Waals surface area contributed by atoms with E-state index in [0.717, 1.165) is 6.92 Å². The van der Waals surface area contributed by atoms with E-state index in [-0.39, 0.29) is 23.3 Å². The molecule has 1 atom stereocenters. The normalized spacial score (nSPS) is 16.3. The minimum absolute atomic E-state index is 0.108. The lowest BCUT2D eigenvalue weighted by Gasteiger charge is -2.17. The summed E-state index contributed by atoms with van der Waals surface area (Å²) in [5, 5.41) is 5.88. The number of carbonyl (C=O) groups is 3. The Bertz CT molecular complexity index is 1070. The lowest BCUT2D eigenvalue weighted by Crippen LogP contribution is -2.39. The number of hydrogen-bond acceptors (Lipinski definition) is 5. The van der Waals surface area contributed by atoms with Crippen molar-refractivity contribution in [3.63, 3.8) is 0 Å². The Morgan fingerprint density at radius 2 is 1.70 bits per heavy atom. The fraction of sp³-hybridized carbons (Fsp3) is 0.211. The molecule has 1 aliphatic rings. The van der Waals surface area contributed by atoms with Gasteiger partial charge in [0.05, 0.1) is 10.9 Å². The molecule has 1 fully saturated rings. The van der Waals surface area contributed by atoms with Crippen molar-refractivity contribution in [2.75, 3.05) is 16.8 Å². The van der Waals surface area contributed by atoms with Gasteiger partial charge in [-0.1, -0.05) is 11.6 Å². The average molecular weight is 451 g/mol. The van der Waals surface area contributed by atoms with E-state index in [0.29, 0.717) is 22.9 Å². The second kappa shape index (κ2) is 8.72. The third-order valence-corrected chi connectivity index (χ3v) is 6.00. The van der Waals surface area contributed by atoms with Gasteiger partial charge in [-0.15, -0.1) is 0 Å². The smallest absolute Gasteiger partial charge is 0.319 e. The zero-order valence-corrected chi connectivity index (χ0v) is 17.5. The van der Waals surface area contributed by atoms with E-state index in [1.54, 1.807) is 29.2 Å². The van der Waals surface area contributed by atoms with Crippen LogP contribution in [0, 0.1) is 0 Å². The molecule has 30 heavy (non-hydrogen) atoms. The number of halogens is 1. The van der Waals surface area contributed by atoms with Crippen molar-refractivity contribution in [3.05, 3.63) is 53.6 Å². The lowest BCUT2D eigenvalue weighted by atomic mass is 10.2. The predicted molar refractivity (Wildman–Crippen MR) is 112 cm³/mol. The molecule has 3 N–H and O–H groups in total. The number of sulfonamides is 1. The summed E-state index contributed by atoms with van der Waals surface area (Å²) in [4.78, 5) is 36.9. The van der Waals surface area contributed by atoms with Gasteiger partial charge in [0.2, 0.25) is 11.8 Å². The number of rotatable bonds is 5. The van der Waals surface area contributed by atoms with Crippen LogP contribution < -0.4 is 20.3 Å². The fourth-order valence-electron chi connectivity index (χ4n) is 2.99. The van der Waals surface area contributed by atoms with Crippen molar-refractivity contribution in [2.45, 2.75) is 24.3 Å². The summed E-state index contributed by atoms with van der Waals surface area (Å²) in [6.45, 7) is 1.42. The number of anilines is 2. The highest BCUT2D eigenvalue weighted by Crippen LogP contribution is 2.23. The topological polar surface area (TPSA) is 125 Å². The van der Waals surface area contributed by atoms with E-state index >= 15 is 0 Å². The van der Waals surface area contributed by atoms with Crippen LogP contribution in [0.1, 0.15) is 13.3 Å². The zero-order valence-electron chi connectivity index (χ0n) is 15.9. The molecule has 158 valence electrons. The Kier molecular flexibility index (Phi) is 6.28. The van der Waals surface area contributed by atoms with Crippen molar-refractivity contribution < 1.29 is 22.8 Å². The van der Waals surface area contributed by atoms with E-state index in [1.807, 2.05) is 4.72 Å². The third-order valence-electron chi connectivity index (χ3n) is 4.30. The molecule has 2 aromatic rings. The van der Waals surface area contributed by atoms with Gasteiger partial charge in [-0.05, 0) is 48.5 Å². The molecule has 1 saturated heterocycles. The molecule has 4 amide bonds. The molecule has 0 aliphatic carbocycles. The van der Waals surface area contributed by atoms with Gasteiger partial charge in [0.1, 0.15) is 0 Å². The van der Waals surface area contributed by atoms with Crippen LogP contribution >= 0.6 is 11.6 Å². The van der Waals surface area contributed by atoms with E-state index < -0.39 is 22.0 Å². The molecular formula is C19H19ClN4O5S. The van der Waals surface area contributed by atoms with Crippen LogP contribution in [0.3, 0.4) is 0 Å². The highest BCUT2D eigenvalue weighted by molar-refractivity contribution is 7.90. The first kappa shape index (κ1) is 21.6. The van der Waals surface area contributed by atoms with Gasteiger partial charge in [-0.2, -0.15) is 0 Å². The number of nitrogens with zero attached hydrogens (tertiary/aromatic N) is 1. The van der Waals surface area contributed by atoms with Crippen molar-refractivity contribution in [3.8, 4) is 0 Å². The molecule has 11 heteroatoms. The largest absolute Gasteiger partial charge is 0.333 e. The standard InChI is InChI=1S/C19H19ClN4O5S/c1-12(25)23-30(28,29)17-8-4-14(5-9-17)21-19(27)22-15-10-18(26)24(11-15)16-6-2-13(20)3-7-16/h2-9,15H,10-11H2,1H3,(H,23,25)(H2,21,22,27)/t15-/m0/s1. The van der Waals surface area contributed by atoms with Crippen LogP contribution in [0.25, 0.3) is 0 Å². The maximum absolute atomic E-state index is 12.3. The number of urea groups is 1. The molecule has 0 radical (unpaired) electrons. The summed E-state index contributed by atoms with van der Waals surface area (Å²) in [7, 11) is -3.94. The van der Waals surface area contributed by atoms with Crippen molar-refractivity contribution in [2.24, 2.45) is 0 Å². The molecule has 0 aromatic heterocycles. The van der Waals surface area contributed by atoms with Gasteiger partial charge < -0.3 is 15.5 Å². The SMILES string of the molecule is CC(=O)NS(=O)(=O)c1ccc(NC(=O)N[C@H]2CC(=O)N(c3ccc(Cl)cc3)C2)cc1. The highest BCUT2D eigenvalue weighted by Gasteiger charge is 2.31. The summed E-state index contributed by atoms with van der Waals surface area (Å²) in [6.07, 6.45) is 0.157. The molecule has 0 spiro atoms. The van der Waals surface area contributed by atoms with Crippen molar-refractivity contribution >= 4 is 50.8 Å². The summed E-state index contributed by atoms with van der Waals surface area (Å²) >= 11 is 5.87. The van der Waals surface area contributed by atoms with Crippen LogP contribution in [-0.4, -0.2) is 38.8 Å². The minimum Gasteiger partial charge on any atom is -0.333 e. The summed E-state index contributed by atoms with van der Waals surface area (Å²) in [5.41, 5.74) is 1.05. The Morgan fingerprint density at radius 3 is 2.30 bits per heavy atom. The lowest BCUT2D eigenvalue weighted by molar-refractivity contribution is -0.118. The number of benzene rings is 2. The Labute approximate surface area is 178 Å². The third kappa shape index (κ3) is 5.28. The van der Waals surface area contributed by atoms with Crippen molar-refractivity contribution in [1.29, 1.82) is 0 Å². The van der Waals surface area contributed by atoms with Crippen LogP contribution in [-0.2, 0) is 19.6 Å².